The molecule has 0 radical (unpaired) electrons. The van der Waals surface area contributed by atoms with Gasteiger partial charge in [0.2, 0.25) is 11.8 Å². The standard InChI is InChI=1S/C14H16F3N3O2/c15-9-1-2-10(13(17)12(9)16)19-11(21)7-20-5-3-8(4-6-20)14(18)22/h1-2,8H,3-7H2,(H2,18,22)(H,19,21). The van der Waals surface area contributed by atoms with Gasteiger partial charge in [-0.1, -0.05) is 0 Å². The maximum Gasteiger partial charge on any atom is 0.238 e. The molecule has 0 bridgehead atoms. The quantitative estimate of drug-likeness (QED) is 0.821. The zero-order valence-electron chi connectivity index (χ0n) is 11.7. The lowest BCUT2D eigenvalue weighted by atomic mass is 9.96. The number of likely N-dealkylation sites (tertiary alicyclic amines) is 1. The average Bonchev–Trinajstić information content (AvgIpc) is 2.48. The van der Waals surface area contributed by atoms with Crippen molar-refractivity contribution in [3.8, 4) is 0 Å². The number of hydrogen-bond donors (Lipinski definition) is 2. The maximum atomic E-state index is 13.4. The molecule has 1 aliphatic heterocycles. The summed E-state index contributed by atoms with van der Waals surface area (Å²) in [7, 11) is 0. The molecular weight excluding hydrogens is 299 g/mol. The van der Waals surface area contributed by atoms with Crippen LogP contribution >= 0.6 is 0 Å². The van der Waals surface area contributed by atoms with E-state index in [9.17, 15) is 22.8 Å². The predicted octanol–water partition coefficient (Wildman–Crippen LogP) is 1.24. The number of amides is 2. The Labute approximate surface area is 125 Å². The van der Waals surface area contributed by atoms with Crippen LogP contribution in [0.2, 0.25) is 0 Å². The lowest BCUT2D eigenvalue weighted by molar-refractivity contribution is -0.123. The number of piperidine rings is 1. The number of carbonyl (C=O) groups is 2. The van der Waals surface area contributed by atoms with E-state index in [-0.39, 0.29) is 18.4 Å². The highest BCUT2D eigenvalue weighted by Gasteiger charge is 2.24. The average molecular weight is 315 g/mol. The lowest BCUT2D eigenvalue weighted by Crippen LogP contribution is -2.42. The van der Waals surface area contributed by atoms with E-state index in [1.807, 2.05) is 0 Å². The van der Waals surface area contributed by atoms with Crippen molar-refractivity contribution < 1.29 is 22.8 Å². The van der Waals surface area contributed by atoms with Gasteiger partial charge >= 0.3 is 0 Å². The minimum Gasteiger partial charge on any atom is -0.369 e. The number of halogens is 3. The summed E-state index contributed by atoms with van der Waals surface area (Å²) in [5.74, 6) is -5.46. The van der Waals surface area contributed by atoms with E-state index in [2.05, 4.69) is 5.32 Å². The minimum atomic E-state index is -1.62. The van der Waals surface area contributed by atoms with Crippen LogP contribution in [0.3, 0.4) is 0 Å². The Morgan fingerprint density at radius 2 is 1.82 bits per heavy atom. The fourth-order valence-electron chi connectivity index (χ4n) is 2.39. The summed E-state index contributed by atoms with van der Waals surface area (Å²) in [6.45, 7) is 1.01. The summed E-state index contributed by atoms with van der Waals surface area (Å²) in [5.41, 5.74) is 4.81. The monoisotopic (exact) mass is 315 g/mol. The molecule has 120 valence electrons. The summed E-state index contributed by atoms with van der Waals surface area (Å²) >= 11 is 0. The molecule has 0 unspecified atom stereocenters. The molecule has 8 heteroatoms. The van der Waals surface area contributed by atoms with Gasteiger partial charge in [-0.05, 0) is 38.1 Å². The number of carbonyl (C=O) groups excluding carboxylic acids is 2. The van der Waals surface area contributed by atoms with Crippen LogP contribution in [0.25, 0.3) is 0 Å². The second kappa shape index (κ2) is 6.78. The van der Waals surface area contributed by atoms with Crippen molar-refractivity contribution in [3.05, 3.63) is 29.6 Å². The molecule has 2 amide bonds. The van der Waals surface area contributed by atoms with E-state index in [1.165, 1.54) is 0 Å². The molecule has 1 fully saturated rings. The number of rotatable bonds is 4. The molecule has 0 spiro atoms. The first-order chi connectivity index (χ1) is 10.4. The zero-order chi connectivity index (χ0) is 16.3. The van der Waals surface area contributed by atoms with Crippen molar-refractivity contribution in [1.29, 1.82) is 0 Å². The van der Waals surface area contributed by atoms with E-state index in [1.54, 1.807) is 4.90 Å². The normalized spacial score (nSPS) is 16.5. The van der Waals surface area contributed by atoms with Crippen LogP contribution in [0, 0.1) is 23.4 Å². The molecular formula is C14H16F3N3O2. The summed E-state index contributed by atoms with van der Waals surface area (Å²) in [6, 6.07) is 1.71. The predicted molar refractivity (Wildman–Crippen MR) is 73.3 cm³/mol. The van der Waals surface area contributed by atoms with Crippen molar-refractivity contribution in [2.75, 3.05) is 25.0 Å². The number of primary amides is 1. The number of benzene rings is 1. The summed E-state index contributed by atoms with van der Waals surface area (Å²) in [6.07, 6.45) is 1.12. The van der Waals surface area contributed by atoms with Gasteiger partial charge in [-0.3, -0.25) is 14.5 Å². The molecule has 1 heterocycles. The summed E-state index contributed by atoms with van der Waals surface area (Å²) < 4.78 is 39.3. The molecule has 0 atom stereocenters. The molecule has 1 saturated heterocycles. The van der Waals surface area contributed by atoms with Gasteiger partial charge in [-0.25, -0.2) is 13.2 Å². The van der Waals surface area contributed by atoms with Gasteiger partial charge in [0.1, 0.15) is 0 Å². The van der Waals surface area contributed by atoms with Crippen molar-refractivity contribution in [1.82, 2.24) is 4.90 Å². The van der Waals surface area contributed by atoms with Gasteiger partial charge in [0.15, 0.2) is 17.5 Å². The third-order valence-corrected chi connectivity index (χ3v) is 3.67. The van der Waals surface area contributed by atoms with Crippen molar-refractivity contribution in [2.45, 2.75) is 12.8 Å². The Kier molecular flexibility index (Phi) is 5.02. The van der Waals surface area contributed by atoms with Gasteiger partial charge in [-0.2, -0.15) is 0 Å². The van der Waals surface area contributed by atoms with E-state index in [4.69, 9.17) is 5.73 Å². The maximum absolute atomic E-state index is 13.4. The molecule has 2 rings (SSSR count). The SMILES string of the molecule is NC(=O)C1CCN(CC(=O)Nc2ccc(F)c(F)c2F)CC1. The van der Waals surface area contributed by atoms with Gasteiger partial charge in [-0.15, -0.1) is 0 Å². The molecule has 1 aromatic rings. The van der Waals surface area contributed by atoms with Crippen LogP contribution in [0.15, 0.2) is 12.1 Å². The van der Waals surface area contributed by atoms with E-state index in [0.717, 1.165) is 12.1 Å². The molecule has 0 aromatic heterocycles. The highest BCUT2D eigenvalue weighted by atomic mass is 19.2. The largest absolute Gasteiger partial charge is 0.369 e. The van der Waals surface area contributed by atoms with Gasteiger partial charge in [0, 0.05) is 5.92 Å². The van der Waals surface area contributed by atoms with Gasteiger partial charge in [0.25, 0.3) is 0 Å². The molecule has 5 nitrogen and oxygen atoms in total. The summed E-state index contributed by atoms with van der Waals surface area (Å²) in [4.78, 5) is 24.6. The van der Waals surface area contributed by atoms with Crippen molar-refractivity contribution in [3.63, 3.8) is 0 Å². The fraction of sp³-hybridized carbons (Fsp3) is 0.429. The number of hydrogen-bond acceptors (Lipinski definition) is 3. The first kappa shape index (κ1) is 16.3. The molecule has 3 N–H and O–H groups in total. The molecule has 22 heavy (non-hydrogen) atoms. The van der Waals surface area contributed by atoms with Crippen LogP contribution < -0.4 is 11.1 Å². The summed E-state index contributed by atoms with van der Waals surface area (Å²) in [5, 5.41) is 2.21. The first-order valence-electron chi connectivity index (χ1n) is 6.83. The smallest absolute Gasteiger partial charge is 0.238 e. The van der Waals surface area contributed by atoms with Crippen LogP contribution in [0.1, 0.15) is 12.8 Å². The third-order valence-electron chi connectivity index (χ3n) is 3.67. The van der Waals surface area contributed by atoms with Gasteiger partial charge in [0.05, 0.1) is 12.2 Å². The third kappa shape index (κ3) is 3.76. The number of nitrogens with one attached hydrogen (secondary N) is 1. The van der Waals surface area contributed by atoms with Crippen LogP contribution in [-0.4, -0.2) is 36.3 Å². The fourth-order valence-corrected chi connectivity index (χ4v) is 2.39. The van der Waals surface area contributed by atoms with Crippen LogP contribution in [0.4, 0.5) is 18.9 Å². The Hall–Kier alpha value is -2.09. The van der Waals surface area contributed by atoms with Gasteiger partial charge < -0.3 is 11.1 Å². The van der Waals surface area contributed by atoms with Crippen molar-refractivity contribution >= 4 is 17.5 Å². The molecule has 1 aliphatic rings. The minimum absolute atomic E-state index is 0.0239. The Morgan fingerprint density at radius 3 is 2.41 bits per heavy atom. The molecule has 1 aromatic carbocycles. The van der Waals surface area contributed by atoms with Crippen molar-refractivity contribution in [2.24, 2.45) is 11.7 Å². The first-order valence-corrected chi connectivity index (χ1v) is 6.83. The number of nitrogens with two attached hydrogens (primary N) is 1. The van der Waals surface area contributed by atoms with E-state index in [0.29, 0.717) is 25.9 Å². The highest BCUT2D eigenvalue weighted by molar-refractivity contribution is 5.92. The Balaban J connectivity index is 1.89. The van der Waals surface area contributed by atoms with E-state index >= 15 is 0 Å². The zero-order valence-corrected chi connectivity index (χ0v) is 11.7. The number of nitrogens with zero attached hydrogens (tertiary/aromatic N) is 1. The van der Waals surface area contributed by atoms with E-state index < -0.39 is 29.0 Å². The Bertz CT molecular complexity index is 587. The number of anilines is 1. The van der Waals surface area contributed by atoms with Crippen LogP contribution in [0.5, 0.6) is 0 Å². The second-order valence-electron chi connectivity index (χ2n) is 5.22. The lowest BCUT2D eigenvalue weighted by Gasteiger charge is -2.29. The molecule has 0 aliphatic carbocycles. The Morgan fingerprint density at radius 1 is 1.18 bits per heavy atom. The van der Waals surface area contributed by atoms with Crippen LogP contribution in [-0.2, 0) is 9.59 Å². The topological polar surface area (TPSA) is 75.4 Å². The highest BCUT2D eigenvalue weighted by Crippen LogP contribution is 2.20. The molecule has 0 saturated carbocycles. The second-order valence-corrected chi connectivity index (χ2v) is 5.22.